The first-order valence-corrected chi connectivity index (χ1v) is 5.92. The van der Waals surface area contributed by atoms with Crippen LogP contribution in [0.25, 0.3) is 0 Å². The zero-order valence-electron chi connectivity index (χ0n) is 10.8. The summed E-state index contributed by atoms with van der Waals surface area (Å²) in [4.78, 5) is 11.9. The fourth-order valence-electron chi connectivity index (χ4n) is 1.76. The van der Waals surface area contributed by atoms with Crippen LogP contribution in [0.15, 0.2) is 36.7 Å². The maximum Gasteiger partial charge on any atom is 0.254 e. The van der Waals surface area contributed by atoms with E-state index in [2.05, 4.69) is 10.4 Å². The molecule has 1 aromatic carbocycles. The van der Waals surface area contributed by atoms with E-state index < -0.39 is 0 Å². The summed E-state index contributed by atoms with van der Waals surface area (Å²) in [5.74, 6) is -0.101. The highest BCUT2D eigenvalue weighted by molar-refractivity contribution is 5.93. The standard InChI is InChI=1S/C14H17N3O/c1-10-4-6-12(7-5-10)11(2)16-14(18)13-8-15-17(3)9-13/h4-9,11H,1-3H3,(H,16,18). The second-order valence-electron chi connectivity index (χ2n) is 4.51. The molecule has 1 N–H and O–H groups in total. The van der Waals surface area contributed by atoms with Gasteiger partial charge in [0.05, 0.1) is 17.8 Å². The fraction of sp³-hybridized carbons (Fsp3) is 0.286. The van der Waals surface area contributed by atoms with E-state index in [0.29, 0.717) is 5.56 Å². The topological polar surface area (TPSA) is 46.9 Å². The molecule has 1 aromatic heterocycles. The molecule has 0 aliphatic heterocycles. The van der Waals surface area contributed by atoms with Crippen molar-refractivity contribution in [2.45, 2.75) is 19.9 Å². The zero-order valence-corrected chi connectivity index (χ0v) is 10.8. The molecule has 1 atom stereocenters. The van der Waals surface area contributed by atoms with E-state index >= 15 is 0 Å². The monoisotopic (exact) mass is 243 g/mol. The molecule has 1 unspecified atom stereocenters. The van der Waals surface area contributed by atoms with Gasteiger partial charge in [0.25, 0.3) is 5.91 Å². The molecule has 0 saturated carbocycles. The second-order valence-corrected chi connectivity index (χ2v) is 4.51. The lowest BCUT2D eigenvalue weighted by atomic mass is 10.1. The van der Waals surface area contributed by atoms with E-state index in [1.807, 2.05) is 38.1 Å². The summed E-state index contributed by atoms with van der Waals surface area (Å²) in [5.41, 5.74) is 2.89. The van der Waals surface area contributed by atoms with Crippen molar-refractivity contribution in [3.63, 3.8) is 0 Å². The Bertz CT molecular complexity index is 542. The van der Waals surface area contributed by atoms with Crippen LogP contribution in [0.2, 0.25) is 0 Å². The normalized spacial score (nSPS) is 12.2. The lowest BCUT2D eigenvalue weighted by Crippen LogP contribution is -2.26. The molecule has 2 rings (SSSR count). The van der Waals surface area contributed by atoms with Crippen molar-refractivity contribution in [3.8, 4) is 0 Å². The number of aryl methyl sites for hydroxylation is 2. The Hall–Kier alpha value is -2.10. The number of nitrogens with one attached hydrogen (secondary N) is 1. The highest BCUT2D eigenvalue weighted by Gasteiger charge is 2.12. The Morgan fingerprint density at radius 2 is 2.00 bits per heavy atom. The predicted octanol–water partition coefficient (Wildman–Crippen LogP) is 2.22. The van der Waals surface area contributed by atoms with Crippen LogP contribution in [-0.2, 0) is 7.05 Å². The molecule has 18 heavy (non-hydrogen) atoms. The molecular formula is C14H17N3O. The third-order valence-electron chi connectivity index (χ3n) is 2.89. The summed E-state index contributed by atoms with van der Waals surface area (Å²) in [6.07, 6.45) is 3.27. The van der Waals surface area contributed by atoms with Crippen molar-refractivity contribution < 1.29 is 4.79 Å². The number of amides is 1. The number of hydrogen-bond donors (Lipinski definition) is 1. The van der Waals surface area contributed by atoms with E-state index in [4.69, 9.17) is 0 Å². The summed E-state index contributed by atoms with van der Waals surface area (Å²) in [6.45, 7) is 4.02. The average Bonchev–Trinajstić information content (AvgIpc) is 2.76. The summed E-state index contributed by atoms with van der Waals surface area (Å²) < 4.78 is 1.62. The molecule has 0 spiro atoms. The van der Waals surface area contributed by atoms with Gasteiger partial charge in [-0.05, 0) is 19.4 Å². The predicted molar refractivity (Wildman–Crippen MR) is 70.3 cm³/mol. The summed E-state index contributed by atoms with van der Waals surface area (Å²) >= 11 is 0. The molecular weight excluding hydrogens is 226 g/mol. The lowest BCUT2D eigenvalue weighted by Gasteiger charge is -2.13. The number of carbonyl (C=O) groups is 1. The van der Waals surface area contributed by atoms with Crippen LogP contribution in [0.3, 0.4) is 0 Å². The van der Waals surface area contributed by atoms with Crippen LogP contribution >= 0.6 is 0 Å². The quantitative estimate of drug-likeness (QED) is 0.898. The van der Waals surface area contributed by atoms with Crippen molar-refractivity contribution in [1.29, 1.82) is 0 Å². The van der Waals surface area contributed by atoms with Crippen LogP contribution in [0.1, 0.15) is 34.5 Å². The van der Waals surface area contributed by atoms with Crippen LogP contribution < -0.4 is 5.32 Å². The number of carbonyl (C=O) groups excluding carboxylic acids is 1. The molecule has 4 nitrogen and oxygen atoms in total. The Morgan fingerprint density at radius 1 is 1.33 bits per heavy atom. The van der Waals surface area contributed by atoms with Crippen molar-refractivity contribution in [2.75, 3.05) is 0 Å². The number of rotatable bonds is 3. The first-order chi connectivity index (χ1) is 8.56. The minimum absolute atomic E-state index is 0.0155. The van der Waals surface area contributed by atoms with Crippen LogP contribution in [-0.4, -0.2) is 15.7 Å². The molecule has 1 amide bonds. The van der Waals surface area contributed by atoms with Gasteiger partial charge < -0.3 is 5.32 Å². The highest BCUT2D eigenvalue weighted by atomic mass is 16.1. The van der Waals surface area contributed by atoms with Crippen molar-refractivity contribution in [3.05, 3.63) is 53.3 Å². The Labute approximate surface area is 107 Å². The van der Waals surface area contributed by atoms with Gasteiger partial charge in [-0.2, -0.15) is 5.10 Å². The summed E-state index contributed by atoms with van der Waals surface area (Å²) in [7, 11) is 1.79. The Kier molecular flexibility index (Phi) is 3.46. The third kappa shape index (κ3) is 2.77. The Morgan fingerprint density at radius 3 is 2.56 bits per heavy atom. The number of hydrogen-bond acceptors (Lipinski definition) is 2. The average molecular weight is 243 g/mol. The largest absolute Gasteiger partial charge is 0.345 e. The molecule has 0 bridgehead atoms. The van der Waals surface area contributed by atoms with Gasteiger partial charge in [-0.1, -0.05) is 29.8 Å². The maximum absolute atomic E-state index is 11.9. The van der Waals surface area contributed by atoms with Crippen molar-refractivity contribution >= 4 is 5.91 Å². The molecule has 1 heterocycles. The van der Waals surface area contributed by atoms with Crippen molar-refractivity contribution in [2.24, 2.45) is 7.05 Å². The highest BCUT2D eigenvalue weighted by Crippen LogP contribution is 2.13. The third-order valence-corrected chi connectivity index (χ3v) is 2.89. The number of nitrogens with zero attached hydrogens (tertiary/aromatic N) is 2. The van der Waals surface area contributed by atoms with Gasteiger partial charge >= 0.3 is 0 Å². The van der Waals surface area contributed by atoms with Gasteiger partial charge in [0.1, 0.15) is 0 Å². The van der Waals surface area contributed by atoms with Crippen LogP contribution in [0.5, 0.6) is 0 Å². The van der Waals surface area contributed by atoms with Gasteiger partial charge in [-0.15, -0.1) is 0 Å². The van der Waals surface area contributed by atoms with E-state index in [1.165, 1.54) is 5.56 Å². The number of aromatic nitrogens is 2. The van der Waals surface area contributed by atoms with Crippen LogP contribution in [0.4, 0.5) is 0 Å². The van der Waals surface area contributed by atoms with E-state index in [1.54, 1.807) is 24.1 Å². The summed E-state index contributed by atoms with van der Waals surface area (Å²) in [5, 5.41) is 6.94. The SMILES string of the molecule is Cc1ccc(C(C)NC(=O)c2cnn(C)c2)cc1. The van der Waals surface area contributed by atoms with E-state index in [-0.39, 0.29) is 11.9 Å². The van der Waals surface area contributed by atoms with Crippen molar-refractivity contribution in [1.82, 2.24) is 15.1 Å². The second kappa shape index (κ2) is 5.04. The van der Waals surface area contributed by atoms with Gasteiger partial charge in [0.2, 0.25) is 0 Å². The Balaban J connectivity index is 2.05. The fourth-order valence-corrected chi connectivity index (χ4v) is 1.76. The minimum atomic E-state index is -0.101. The van der Waals surface area contributed by atoms with Gasteiger partial charge in [0.15, 0.2) is 0 Å². The molecule has 2 aromatic rings. The zero-order chi connectivity index (χ0) is 13.1. The maximum atomic E-state index is 11.9. The van der Waals surface area contributed by atoms with E-state index in [9.17, 15) is 4.79 Å². The van der Waals surface area contributed by atoms with Gasteiger partial charge in [-0.3, -0.25) is 9.48 Å². The molecule has 94 valence electrons. The minimum Gasteiger partial charge on any atom is -0.345 e. The molecule has 0 saturated heterocycles. The first-order valence-electron chi connectivity index (χ1n) is 5.92. The lowest BCUT2D eigenvalue weighted by molar-refractivity contribution is 0.0940. The van der Waals surface area contributed by atoms with Gasteiger partial charge in [-0.25, -0.2) is 0 Å². The smallest absolute Gasteiger partial charge is 0.254 e. The number of benzene rings is 1. The molecule has 0 fully saturated rings. The molecule has 0 aliphatic carbocycles. The van der Waals surface area contributed by atoms with Gasteiger partial charge in [0, 0.05) is 13.2 Å². The van der Waals surface area contributed by atoms with Crippen LogP contribution in [0, 0.1) is 6.92 Å². The summed E-state index contributed by atoms with van der Waals surface area (Å²) in [6, 6.07) is 8.13. The molecule has 4 heteroatoms. The van der Waals surface area contributed by atoms with E-state index in [0.717, 1.165) is 5.56 Å². The first kappa shape index (κ1) is 12.4. The molecule has 0 radical (unpaired) electrons. The molecule has 0 aliphatic rings.